The third kappa shape index (κ3) is 2.54. The molecule has 0 atom stereocenters. The molecule has 0 heterocycles. The number of hydrogen-bond acceptors (Lipinski definition) is 3. The molecule has 0 aliphatic heterocycles. The number of benzene rings is 1. The molecule has 0 spiro atoms. The van der Waals surface area contributed by atoms with Gasteiger partial charge in [-0.1, -0.05) is 30.9 Å². The van der Waals surface area contributed by atoms with E-state index in [2.05, 4.69) is 0 Å². The summed E-state index contributed by atoms with van der Waals surface area (Å²) in [6.45, 7) is 2.03. The lowest BCUT2D eigenvalue weighted by molar-refractivity contribution is 0.281. The number of aryl methyl sites for hydroxylation is 1. The van der Waals surface area contributed by atoms with Crippen molar-refractivity contribution in [2.24, 2.45) is 5.73 Å². The van der Waals surface area contributed by atoms with Crippen molar-refractivity contribution < 1.29 is 9.47 Å². The Kier molecular flexibility index (Phi) is 4.26. The zero-order valence-corrected chi connectivity index (χ0v) is 12.6. The van der Waals surface area contributed by atoms with Gasteiger partial charge in [0.15, 0.2) is 11.5 Å². The highest BCUT2D eigenvalue weighted by molar-refractivity contribution is 6.32. The highest BCUT2D eigenvalue weighted by Gasteiger charge is 2.35. The SMILES string of the molecule is COc1c(Cl)cc(C)c(C2(N)CCCCC2)c1OC. The topological polar surface area (TPSA) is 44.5 Å². The normalized spacial score (nSPS) is 18.2. The Balaban J connectivity index is 2.61. The number of halogens is 1. The molecule has 0 bridgehead atoms. The van der Waals surface area contributed by atoms with Crippen LogP contribution < -0.4 is 15.2 Å². The minimum atomic E-state index is -0.328. The van der Waals surface area contributed by atoms with Crippen LogP contribution in [0.25, 0.3) is 0 Å². The van der Waals surface area contributed by atoms with Gasteiger partial charge in [0.1, 0.15) is 0 Å². The fraction of sp³-hybridized carbons (Fsp3) is 0.600. The summed E-state index contributed by atoms with van der Waals surface area (Å²) in [5.41, 5.74) is 8.45. The first-order valence-corrected chi connectivity index (χ1v) is 7.11. The van der Waals surface area contributed by atoms with Crippen LogP contribution in [0.1, 0.15) is 43.2 Å². The first-order valence-electron chi connectivity index (χ1n) is 6.74. The molecular weight excluding hydrogens is 262 g/mol. The van der Waals surface area contributed by atoms with E-state index >= 15 is 0 Å². The Hall–Kier alpha value is -0.930. The third-order valence-electron chi connectivity index (χ3n) is 4.04. The summed E-state index contributed by atoms with van der Waals surface area (Å²) < 4.78 is 10.9. The molecular formula is C15H22ClNO2. The molecule has 1 aromatic rings. The maximum atomic E-state index is 6.65. The Morgan fingerprint density at radius 1 is 1.11 bits per heavy atom. The van der Waals surface area contributed by atoms with Crippen LogP contribution in [0.5, 0.6) is 11.5 Å². The predicted molar refractivity (Wildman–Crippen MR) is 78.2 cm³/mol. The average molecular weight is 284 g/mol. The van der Waals surface area contributed by atoms with Gasteiger partial charge in [-0.15, -0.1) is 0 Å². The van der Waals surface area contributed by atoms with Gasteiger partial charge in [-0.25, -0.2) is 0 Å². The quantitative estimate of drug-likeness (QED) is 0.918. The average Bonchev–Trinajstić information content (AvgIpc) is 2.38. The standard InChI is InChI=1S/C15H22ClNO2/c1-10-9-11(16)13(18-2)14(19-3)12(10)15(17)7-5-4-6-8-15/h9H,4-8,17H2,1-3H3. The van der Waals surface area contributed by atoms with Crippen LogP contribution in [0.15, 0.2) is 6.07 Å². The van der Waals surface area contributed by atoms with Crippen molar-refractivity contribution in [3.63, 3.8) is 0 Å². The van der Waals surface area contributed by atoms with Crippen LogP contribution in [0.3, 0.4) is 0 Å². The van der Waals surface area contributed by atoms with Crippen LogP contribution in [0.4, 0.5) is 0 Å². The molecule has 3 nitrogen and oxygen atoms in total. The van der Waals surface area contributed by atoms with Crippen LogP contribution in [0.2, 0.25) is 5.02 Å². The summed E-state index contributed by atoms with van der Waals surface area (Å²) in [5.74, 6) is 1.28. The minimum Gasteiger partial charge on any atom is -0.492 e. The molecule has 0 radical (unpaired) electrons. The molecule has 1 aliphatic rings. The summed E-state index contributed by atoms with van der Waals surface area (Å²) in [7, 11) is 3.25. The van der Waals surface area contributed by atoms with Crippen molar-refractivity contribution >= 4 is 11.6 Å². The Labute approximate surface area is 120 Å². The van der Waals surface area contributed by atoms with E-state index in [1.807, 2.05) is 13.0 Å². The van der Waals surface area contributed by atoms with E-state index in [1.165, 1.54) is 6.42 Å². The molecule has 2 rings (SSSR count). The molecule has 106 valence electrons. The van der Waals surface area contributed by atoms with E-state index in [-0.39, 0.29) is 5.54 Å². The van der Waals surface area contributed by atoms with E-state index in [0.29, 0.717) is 16.5 Å². The van der Waals surface area contributed by atoms with Gasteiger partial charge in [0, 0.05) is 11.1 Å². The molecule has 0 unspecified atom stereocenters. The monoisotopic (exact) mass is 283 g/mol. The molecule has 4 heteroatoms. The van der Waals surface area contributed by atoms with E-state index in [0.717, 1.165) is 36.8 Å². The molecule has 2 N–H and O–H groups in total. The Morgan fingerprint density at radius 3 is 2.21 bits per heavy atom. The van der Waals surface area contributed by atoms with Gasteiger partial charge in [-0.3, -0.25) is 0 Å². The first kappa shape index (κ1) is 14.5. The summed E-state index contributed by atoms with van der Waals surface area (Å²) in [6, 6.07) is 1.92. The van der Waals surface area contributed by atoms with Gasteiger partial charge in [0.25, 0.3) is 0 Å². The zero-order chi connectivity index (χ0) is 14.0. The number of nitrogens with two attached hydrogens (primary N) is 1. The van der Waals surface area contributed by atoms with Crippen LogP contribution in [-0.2, 0) is 5.54 Å². The van der Waals surface area contributed by atoms with E-state index in [1.54, 1.807) is 14.2 Å². The highest BCUT2D eigenvalue weighted by atomic mass is 35.5. The number of methoxy groups -OCH3 is 2. The van der Waals surface area contributed by atoms with Crippen molar-refractivity contribution in [1.29, 1.82) is 0 Å². The lowest BCUT2D eigenvalue weighted by Gasteiger charge is -2.36. The van der Waals surface area contributed by atoms with Crippen molar-refractivity contribution in [2.75, 3.05) is 14.2 Å². The van der Waals surface area contributed by atoms with Gasteiger partial charge >= 0.3 is 0 Å². The summed E-state index contributed by atoms with van der Waals surface area (Å²) in [4.78, 5) is 0. The second-order valence-electron chi connectivity index (χ2n) is 5.33. The molecule has 19 heavy (non-hydrogen) atoms. The van der Waals surface area contributed by atoms with Gasteiger partial charge in [0.05, 0.1) is 19.2 Å². The zero-order valence-electron chi connectivity index (χ0n) is 11.9. The van der Waals surface area contributed by atoms with E-state index in [9.17, 15) is 0 Å². The molecule has 0 aromatic heterocycles. The molecule has 0 amide bonds. The highest BCUT2D eigenvalue weighted by Crippen LogP contribution is 2.47. The van der Waals surface area contributed by atoms with Crippen LogP contribution >= 0.6 is 11.6 Å². The van der Waals surface area contributed by atoms with Gasteiger partial charge in [0.2, 0.25) is 0 Å². The molecule has 1 aliphatic carbocycles. The number of hydrogen-bond donors (Lipinski definition) is 1. The van der Waals surface area contributed by atoms with Crippen molar-refractivity contribution in [3.8, 4) is 11.5 Å². The minimum absolute atomic E-state index is 0.328. The predicted octanol–water partition coefficient (Wildman–Crippen LogP) is 3.78. The molecule has 0 saturated heterocycles. The lowest BCUT2D eigenvalue weighted by atomic mass is 9.75. The van der Waals surface area contributed by atoms with Crippen molar-refractivity contribution in [3.05, 3.63) is 22.2 Å². The van der Waals surface area contributed by atoms with Crippen LogP contribution in [-0.4, -0.2) is 14.2 Å². The maximum Gasteiger partial charge on any atom is 0.179 e. The lowest BCUT2D eigenvalue weighted by Crippen LogP contribution is -2.39. The van der Waals surface area contributed by atoms with E-state index < -0.39 is 0 Å². The largest absolute Gasteiger partial charge is 0.492 e. The van der Waals surface area contributed by atoms with Crippen LogP contribution in [0, 0.1) is 6.92 Å². The number of ether oxygens (including phenoxy) is 2. The summed E-state index contributed by atoms with van der Waals surface area (Å²) in [5, 5.41) is 0.569. The maximum absolute atomic E-state index is 6.65. The van der Waals surface area contributed by atoms with Gasteiger partial charge in [-0.2, -0.15) is 0 Å². The van der Waals surface area contributed by atoms with Gasteiger partial charge in [-0.05, 0) is 31.4 Å². The third-order valence-corrected chi connectivity index (χ3v) is 4.32. The second-order valence-corrected chi connectivity index (χ2v) is 5.74. The summed E-state index contributed by atoms with van der Waals surface area (Å²) in [6.07, 6.45) is 5.53. The summed E-state index contributed by atoms with van der Waals surface area (Å²) >= 11 is 6.22. The Bertz CT molecular complexity index is 468. The molecule has 1 aromatic carbocycles. The van der Waals surface area contributed by atoms with Crippen molar-refractivity contribution in [2.45, 2.75) is 44.6 Å². The fourth-order valence-electron chi connectivity index (χ4n) is 3.17. The number of rotatable bonds is 3. The first-order chi connectivity index (χ1) is 9.03. The smallest absolute Gasteiger partial charge is 0.179 e. The van der Waals surface area contributed by atoms with E-state index in [4.69, 9.17) is 26.8 Å². The second kappa shape index (κ2) is 5.59. The molecule has 1 fully saturated rings. The van der Waals surface area contributed by atoms with Gasteiger partial charge < -0.3 is 15.2 Å². The van der Waals surface area contributed by atoms with Crippen molar-refractivity contribution in [1.82, 2.24) is 0 Å². The fourth-order valence-corrected chi connectivity index (χ4v) is 3.49. The molecule has 1 saturated carbocycles. The Morgan fingerprint density at radius 2 is 1.68 bits per heavy atom.